The van der Waals surface area contributed by atoms with Gasteiger partial charge in [-0.15, -0.1) is 0 Å². The highest BCUT2D eigenvalue weighted by atomic mass is 32.2. The summed E-state index contributed by atoms with van der Waals surface area (Å²) in [6.07, 6.45) is 2.77. The first-order valence-corrected chi connectivity index (χ1v) is 7.50. The lowest BCUT2D eigenvalue weighted by Gasteiger charge is -2.22. The van der Waals surface area contributed by atoms with E-state index in [9.17, 15) is 0 Å². The molecule has 1 aromatic carbocycles. The van der Waals surface area contributed by atoms with Crippen LogP contribution in [0.5, 0.6) is 0 Å². The van der Waals surface area contributed by atoms with Crippen molar-refractivity contribution in [2.24, 2.45) is 5.92 Å². The molecule has 0 spiro atoms. The van der Waals surface area contributed by atoms with Gasteiger partial charge in [0.15, 0.2) is 0 Å². The predicted molar refractivity (Wildman–Crippen MR) is 79.3 cm³/mol. The Balaban J connectivity index is 1.87. The number of hydrogen-bond donors (Lipinski definition) is 1. The summed E-state index contributed by atoms with van der Waals surface area (Å²) in [5.74, 6) is 3.52. The minimum absolute atomic E-state index is 0.844. The van der Waals surface area contributed by atoms with Gasteiger partial charge in [0.25, 0.3) is 0 Å². The number of thioether (sulfide) groups is 1. The molecule has 2 rings (SSSR count). The summed E-state index contributed by atoms with van der Waals surface area (Å²) in [6.45, 7) is 1.11. The Labute approximate surface area is 109 Å². The number of benzene rings is 1. The number of rotatable bonds is 4. The van der Waals surface area contributed by atoms with Crippen molar-refractivity contribution in [1.29, 1.82) is 0 Å². The van der Waals surface area contributed by atoms with E-state index in [-0.39, 0.29) is 0 Å². The van der Waals surface area contributed by atoms with Crippen molar-refractivity contribution in [3.05, 3.63) is 24.3 Å². The Morgan fingerprint density at radius 2 is 2.29 bits per heavy atom. The van der Waals surface area contributed by atoms with Crippen molar-refractivity contribution in [3.8, 4) is 0 Å². The van der Waals surface area contributed by atoms with E-state index >= 15 is 0 Å². The molecule has 1 saturated heterocycles. The van der Waals surface area contributed by atoms with E-state index in [1.54, 1.807) is 0 Å². The Bertz CT molecular complexity index is 346. The van der Waals surface area contributed by atoms with Gasteiger partial charge in [0.2, 0.25) is 0 Å². The Morgan fingerprint density at radius 1 is 1.41 bits per heavy atom. The van der Waals surface area contributed by atoms with Crippen molar-refractivity contribution in [3.63, 3.8) is 0 Å². The maximum absolute atomic E-state index is 3.57. The maximum Gasteiger partial charge on any atom is 0.0381 e. The first-order valence-electron chi connectivity index (χ1n) is 6.35. The molecule has 1 atom stereocenters. The quantitative estimate of drug-likeness (QED) is 0.882. The summed E-state index contributed by atoms with van der Waals surface area (Å²) in [4.78, 5) is 2.14. The van der Waals surface area contributed by atoms with Gasteiger partial charge in [-0.2, -0.15) is 11.8 Å². The molecule has 1 N–H and O–H groups in total. The summed E-state index contributed by atoms with van der Waals surface area (Å²) < 4.78 is 0. The number of nitrogens with one attached hydrogen (secondary N) is 1. The highest BCUT2D eigenvalue weighted by Crippen LogP contribution is 2.23. The fraction of sp³-hybridized carbons (Fsp3) is 0.571. The zero-order chi connectivity index (χ0) is 12.1. The summed E-state index contributed by atoms with van der Waals surface area (Å²) in [5.41, 5.74) is 2.50. The van der Waals surface area contributed by atoms with Crippen molar-refractivity contribution in [1.82, 2.24) is 0 Å². The predicted octanol–water partition coefficient (Wildman–Crippen LogP) is 3.31. The van der Waals surface area contributed by atoms with Gasteiger partial charge in [-0.1, -0.05) is 6.07 Å². The highest BCUT2D eigenvalue weighted by molar-refractivity contribution is 7.99. The van der Waals surface area contributed by atoms with Gasteiger partial charge in [0.1, 0.15) is 0 Å². The fourth-order valence-corrected chi connectivity index (χ4v) is 3.28. The fourth-order valence-electron chi connectivity index (χ4n) is 2.12. The third-order valence-corrected chi connectivity index (χ3v) is 4.50. The molecule has 1 aromatic rings. The molecule has 94 valence electrons. The van der Waals surface area contributed by atoms with E-state index in [2.05, 4.69) is 60.3 Å². The van der Waals surface area contributed by atoms with Crippen molar-refractivity contribution in [2.45, 2.75) is 12.8 Å². The molecule has 17 heavy (non-hydrogen) atoms. The topological polar surface area (TPSA) is 15.3 Å². The lowest BCUT2D eigenvalue weighted by atomic mass is 10.1. The molecule has 0 aromatic heterocycles. The first kappa shape index (κ1) is 12.6. The van der Waals surface area contributed by atoms with Gasteiger partial charge in [0.05, 0.1) is 0 Å². The number of anilines is 2. The van der Waals surface area contributed by atoms with Crippen LogP contribution in [0.25, 0.3) is 0 Å². The van der Waals surface area contributed by atoms with Crippen LogP contribution in [0.15, 0.2) is 24.3 Å². The van der Waals surface area contributed by atoms with Crippen LogP contribution in [-0.2, 0) is 0 Å². The molecule has 0 bridgehead atoms. The second-order valence-electron chi connectivity index (χ2n) is 4.91. The number of hydrogen-bond acceptors (Lipinski definition) is 3. The van der Waals surface area contributed by atoms with Crippen molar-refractivity contribution >= 4 is 23.1 Å². The van der Waals surface area contributed by atoms with Crippen LogP contribution in [0.1, 0.15) is 12.8 Å². The highest BCUT2D eigenvalue weighted by Gasteiger charge is 2.13. The molecular weight excluding hydrogens is 228 g/mol. The molecule has 0 saturated carbocycles. The normalized spacial score (nSPS) is 20.0. The maximum atomic E-state index is 3.57. The Kier molecular flexibility index (Phi) is 4.60. The van der Waals surface area contributed by atoms with E-state index in [0.717, 1.165) is 12.5 Å². The molecule has 0 aliphatic carbocycles. The van der Waals surface area contributed by atoms with Gasteiger partial charge in [-0.3, -0.25) is 0 Å². The monoisotopic (exact) mass is 250 g/mol. The minimum atomic E-state index is 0.844. The SMILES string of the molecule is CN(C)c1cccc(NCC2CCCSC2)c1. The van der Waals surface area contributed by atoms with Crippen LogP contribution >= 0.6 is 11.8 Å². The van der Waals surface area contributed by atoms with Crippen LogP contribution in [-0.4, -0.2) is 32.1 Å². The molecule has 0 radical (unpaired) electrons. The molecular formula is C14H22N2S. The van der Waals surface area contributed by atoms with Gasteiger partial charge in [-0.25, -0.2) is 0 Å². The van der Waals surface area contributed by atoms with Crippen LogP contribution in [0.2, 0.25) is 0 Å². The number of nitrogens with zero attached hydrogens (tertiary/aromatic N) is 1. The van der Waals surface area contributed by atoms with Crippen LogP contribution in [0.3, 0.4) is 0 Å². The third kappa shape index (κ3) is 3.84. The molecule has 1 unspecified atom stereocenters. The van der Waals surface area contributed by atoms with E-state index in [0.29, 0.717) is 0 Å². The van der Waals surface area contributed by atoms with E-state index < -0.39 is 0 Å². The van der Waals surface area contributed by atoms with E-state index in [4.69, 9.17) is 0 Å². The molecule has 1 aliphatic rings. The van der Waals surface area contributed by atoms with Crippen LogP contribution < -0.4 is 10.2 Å². The standard InChI is InChI=1S/C14H22N2S/c1-16(2)14-7-3-6-13(9-14)15-10-12-5-4-8-17-11-12/h3,6-7,9,12,15H,4-5,8,10-11H2,1-2H3. The summed E-state index contributed by atoms with van der Waals surface area (Å²) in [5, 5.41) is 3.57. The molecule has 1 aliphatic heterocycles. The average molecular weight is 250 g/mol. The molecule has 1 heterocycles. The lowest BCUT2D eigenvalue weighted by molar-refractivity contribution is 0.549. The summed E-state index contributed by atoms with van der Waals surface area (Å²) in [7, 11) is 4.16. The largest absolute Gasteiger partial charge is 0.385 e. The third-order valence-electron chi connectivity index (χ3n) is 3.21. The van der Waals surface area contributed by atoms with Crippen LogP contribution in [0, 0.1) is 5.92 Å². The minimum Gasteiger partial charge on any atom is -0.385 e. The lowest BCUT2D eigenvalue weighted by Crippen LogP contribution is -2.20. The molecule has 2 nitrogen and oxygen atoms in total. The zero-order valence-electron chi connectivity index (χ0n) is 10.8. The van der Waals surface area contributed by atoms with Gasteiger partial charge in [-0.05, 0) is 48.5 Å². The van der Waals surface area contributed by atoms with E-state index in [1.165, 1.54) is 35.7 Å². The molecule has 0 amide bonds. The van der Waals surface area contributed by atoms with Crippen molar-refractivity contribution < 1.29 is 0 Å². The Morgan fingerprint density at radius 3 is 3.00 bits per heavy atom. The first-order chi connectivity index (χ1) is 8.25. The molecule has 3 heteroatoms. The van der Waals surface area contributed by atoms with Gasteiger partial charge >= 0.3 is 0 Å². The summed E-state index contributed by atoms with van der Waals surface area (Å²) >= 11 is 2.10. The van der Waals surface area contributed by atoms with E-state index in [1.807, 2.05) is 0 Å². The molecule has 1 fully saturated rings. The Hall–Kier alpha value is -0.830. The smallest absolute Gasteiger partial charge is 0.0381 e. The zero-order valence-corrected chi connectivity index (χ0v) is 11.6. The second-order valence-corrected chi connectivity index (χ2v) is 6.06. The van der Waals surface area contributed by atoms with Crippen molar-refractivity contribution in [2.75, 3.05) is 42.4 Å². The summed E-state index contributed by atoms with van der Waals surface area (Å²) in [6, 6.07) is 8.63. The van der Waals surface area contributed by atoms with Gasteiger partial charge in [0, 0.05) is 32.0 Å². The van der Waals surface area contributed by atoms with Gasteiger partial charge < -0.3 is 10.2 Å². The second kappa shape index (κ2) is 6.20. The van der Waals surface area contributed by atoms with Crippen LogP contribution in [0.4, 0.5) is 11.4 Å². The average Bonchev–Trinajstić information content (AvgIpc) is 2.38.